The summed E-state index contributed by atoms with van der Waals surface area (Å²) in [6.45, 7) is 8.68. The van der Waals surface area contributed by atoms with E-state index in [2.05, 4.69) is 37.8 Å². The largest absolute Gasteiger partial charge is 0.496 e. The minimum Gasteiger partial charge on any atom is -0.496 e. The Kier molecular flexibility index (Phi) is 5.28. The molecule has 1 aliphatic rings. The number of ether oxygens (including phenoxy) is 1. The fourth-order valence-electron chi connectivity index (χ4n) is 3.18. The lowest BCUT2D eigenvalue weighted by molar-refractivity contribution is 0.0698. The number of methoxy groups -OCH3 is 1. The van der Waals surface area contributed by atoms with E-state index < -0.39 is 0 Å². The third-order valence-corrected chi connectivity index (χ3v) is 4.67. The smallest absolute Gasteiger partial charge is 0.122 e. The molecule has 0 heterocycles. The van der Waals surface area contributed by atoms with Gasteiger partial charge in [0.1, 0.15) is 5.75 Å². The first-order valence-electron chi connectivity index (χ1n) is 8.09. The van der Waals surface area contributed by atoms with E-state index in [-0.39, 0.29) is 5.54 Å². The van der Waals surface area contributed by atoms with Gasteiger partial charge in [-0.15, -0.1) is 0 Å². The second-order valence-electron chi connectivity index (χ2n) is 6.88. The standard InChI is InChI=1S/C18H30N2O/c1-14(2)20(12-15-9-10-15)18(3,13-19)11-16-7-5-6-8-17(16)21-4/h5-8,14-15H,9-13,19H2,1-4H3. The molecule has 0 bridgehead atoms. The van der Waals surface area contributed by atoms with Crippen LogP contribution in [0.4, 0.5) is 0 Å². The van der Waals surface area contributed by atoms with Crippen molar-refractivity contribution >= 4 is 0 Å². The number of rotatable bonds is 8. The van der Waals surface area contributed by atoms with Gasteiger partial charge in [-0.1, -0.05) is 18.2 Å². The molecular weight excluding hydrogens is 260 g/mol. The Bertz CT molecular complexity index is 456. The third kappa shape index (κ3) is 3.98. The van der Waals surface area contributed by atoms with Crippen LogP contribution in [-0.4, -0.2) is 36.7 Å². The zero-order valence-electron chi connectivity index (χ0n) is 13.9. The molecule has 0 saturated heterocycles. The molecule has 1 atom stereocenters. The van der Waals surface area contributed by atoms with Crippen LogP contribution in [0, 0.1) is 5.92 Å². The second-order valence-corrected chi connectivity index (χ2v) is 6.88. The molecule has 1 aromatic carbocycles. The zero-order chi connectivity index (χ0) is 15.5. The molecule has 21 heavy (non-hydrogen) atoms. The van der Waals surface area contributed by atoms with Crippen molar-refractivity contribution in [1.29, 1.82) is 0 Å². The van der Waals surface area contributed by atoms with Gasteiger partial charge in [0.2, 0.25) is 0 Å². The van der Waals surface area contributed by atoms with E-state index in [1.807, 2.05) is 12.1 Å². The fraction of sp³-hybridized carbons (Fsp3) is 0.667. The minimum atomic E-state index is -0.0224. The maximum absolute atomic E-state index is 6.20. The molecule has 2 rings (SSSR count). The summed E-state index contributed by atoms with van der Waals surface area (Å²) in [5, 5.41) is 0. The maximum Gasteiger partial charge on any atom is 0.122 e. The topological polar surface area (TPSA) is 38.5 Å². The van der Waals surface area contributed by atoms with E-state index in [0.717, 1.165) is 18.1 Å². The van der Waals surface area contributed by atoms with Gasteiger partial charge in [-0.2, -0.15) is 0 Å². The first-order valence-corrected chi connectivity index (χ1v) is 8.09. The van der Waals surface area contributed by atoms with Crippen molar-refractivity contribution in [3.63, 3.8) is 0 Å². The molecule has 118 valence electrons. The Morgan fingerprint density at radius 3 is 2.52 bits per heavy atom. The molecule has 0 amide bonds. The van der Waals surface area contributed by atoms with Gasteiger partial charge in [0, 0.05) is 24.7 Å². The van der Waals surface area contributed by atoms with Crippen molar-refractivity contribution in [2.24, 2.45) is 11.7 Å². The lowest BCUT2D eigenvalue weighted by Gasteiger charge is -2.44. The molecule has 2 N–H and O–H groups in total. The predicted molar refractivity (Wildman–Crippen MR) is 88.7 cm³/mol. The number of nitrogens with two attached hydrogens (primary N) is 1. The summed E-state index contributed by atoms with van der Waals surface area (Å²) >= 11 is 0. The van der Waals surface area contributed by atoms with Crippen LogP contribution in [0.5, 0.6) is 5.75 Å². The molecule has 1 unspecified atom stereocenters. The van der Waals surface area contributed by atoms with Gasteiger partial charge >= 0.3 is 0 Å². The van der Waals surface area contributed by atoms with Crippen LogP contribution in [0.3, 0.4) is 0 Å². The number of para-hydroxylation sites is 1. The highest BCUT2D eigenvalue weighted by Gasteiger charge is 2.37. The summed E-state index contributed by atoms with van der Waals surface area (Å²) in [6.07, 6.45) is 3.68. The van der Waals surface area contributed by atoms with Crippen LogP contribution < -0.4 is 10.5 Å². The van der Waals surface area contributed by atoms with Crippen LogP contribution in [0.2, 0.25) is 0 Å². The van der Waals surface area contributed by atoms with Crippen LogP contribution in [-0.2, 0) is 6.42 Å². The van der Waals surface area contributed by atoms with Crippen molar-refractivity contribution in [3.05, 3.63) is 29.8 Å². The fourth-order valence-corrected chi connectivity index (χ4v) is 3.18. The lowest BCUT2D eigenvalue weighted by atomic mass is 9.89. The minimum absolute atomic E-state index is 0.0224. The van der Waals surface area contributed by atoms with E-state index in [1.165, 1.54) is 24.9 Å². The highest BCUT2D eigenvalue weighted by molar-refractivity contribution is 5.34. The van der Waals surface area contributed by atoms with Crippen molar-refractivity contribution in [3.8, 4) is 5.75 Å². The SMILES string of the molecule is COc1ccccc1CC(C)(CN)N(CC1CC1)C(C)C. The van der Waals surface area contributed by atoms with Gasteiger partial charge in [-0.3, -0.25) is 4.90 Å². The summed E-state index contributed by atoms with van der Waals surface area (Å²) in [4.78, 5) is 2.59. The zero-order valence-corrected chi connectivity index (χ0v) is 13.9. The van der Waals surface area contributed by atoms with E-state index in [9.17, 15) is 0 Å². The average molecular weight is 290 g/mol. The first kappa shape index (κ1) is 16.3. The molecule has 3 nitrogen and oxygen atoms in total. The van der Waals surface area contributed by atoms with E-state index in [1.54, 1.807) is 7.11 Å². The van der Waals surface area contributed by atoms with Gasteiger partial charge in [0.15, 0.2) is 0 Å². The van der Waals surface area contributed by atoms with E-state index in [4.69, 9.17) is 10.5 Å². The average Bonchev–Trinajstić information content (AvgIpc) is 3.29. The van der Waals surface area contributed by atoms with Gasteiger partial charge in [0.05, 0.1) is 7.11 Å². The van der Waals surface area contributed by atoms with Crippen molar-refractivity contribution < 1.29 is 4.74 Å². The quantitative estimate of drug-likeness (QED) is 0.799. The number of nitrogens with zero attached hydrogens (tertiary/aromatic N) is 1. The second kappa shape index (κ2) is 6.80. The van der Waals surface area contributed by atoms with E-state index >= 15 is 0 Å². The van der Waals surface area contributed by atoms with Crippen LogP contribution in [0.25, 0.3) is 0 Å². The lowest BCUT2D eigenvalue weighted by Crippen LogP contribution is -2.56. The van der Waals surface area contributed by atoms with Crippen LogP contribution in [0.1, 0.15) is 39.2 Å². The molecule has 0 radical (unpaired) electrons. The molecule has 0 aliphatic heterocycles. The molecule has 0 spiro atoms. The maximum atomic E-state index is 6.20. The van der Waals surface area contributed by atoms with Gasteiger partial charge in [0.25, 0.3) is 0 Å². The van der Waals surface area contributed by atoms with Crippen molar-refractivity contribution in [2.75, 3.05) is 20.2 Å². The summed E-state index contributed by atoms with van der Waals surface area (Å²) in [5.41, 5.74) is 7.42. The van der Waals surface area contributed by atoms with Gasteiger partial charge < -0.3 is 10.5 Å². The Morgan fingerprint density at radius 1 is 1.33 bits per heavy atom. The van der Waals surface area contributed by atoms with Crippen LogP contribution >= 0.6 is 0 Å². The van der Waals surface area contributed by atoms with Crippen LogP contribution in [0.15, 0.2) is 24.3 Å². The molecule has 1 aromatic rings. The third-order valence-electron chi connectivity index (χ3n) is 4.67. The highest BCUT2D eigenvalue weighted by Crippen LogP contribution is 2.34. The number of hydrogen-bond donors (Lipinski definition) is 1. The normalized spacial score (nSPS) is 18.0. The Balaban J connectivity index is 2.21. The highest BCUT2D eigenvalue weighted by atomic mass is 16.5. The van der Waals surface area contributed by atoms with E-state index in [0.29, 0.717) is 12.6 Å². The van der Waals surface area contributed by atoms with Crippen molar-refractivity contribution in [1.82, 2.24) is 4.90 Å². The molecule has 1 fully saturated rings. The Hall–Kier alpha value is -1.06. The molecule has 1 aliphatic carbocycles. The molecule has 0 aromatic heterocycles. The summed E-state index contributed by atoms with van der Waals surface area (Å²) in [5.74, 6) is 1.84. The predicted octanol–water partition coefficient (Wildman–Crippen LogP) is 3.08. The Morgan fingerprint density at radius 2 is 2.00 bits per heavy atom. The monoisotopic (exact) mass is 290 g/mol. The number of hydrogen-bond acceptors (Lipinski definition) is 3. The summed E-state index contributed by atoms with van der Waals surface area (Å²) in [6, 6.07) is 8.80. The molecule has 3 heteroatoms. The molecule has 1 saturated carbocycles. The van der Waals surface area contributed by atoms with Gasteiger partial charge in [-0.25, -0.2) is 0 Å². The van der Waals surface area contributed by atoms with Crippen molar-refractivity contribution in [2.45, 2.75) is 51.6 Å². The summed E-state index contributed by atoms with van der Waals surface area (Å²) in [7, 11) is 1.74. The number of benzene rings is 1. The van der Waals surface area contributed by atoms with Gasteiger partial charge in [-0.05, 0) is 57.6 Å². The molecular formula is C18H30N2O. The first-order chi connectivity index (χ1) is 10.00. The Labute approximate surface area is 129 Å². The summed E-state index contributed by atoms with van der Waals surface area (Å²) < 4.78 is 5.51.